The Hall–Kier alpha value is -14.8. The lowest BCUT2D eigenvalue weighted by atomic mass is 9.94. The third-order valence-electron chi connectivity index (χ3n) is 23.2. The van der Waals surface area contributed by atoms with E-state index in [1.807, 2.05) is 34.6 Å². The molecule has 7 aromatic carbocycles. The summed E-state index contributed by atoms with van der Waals surface area (Å²) in [6, 6.07) is 50.7. The number of hydrogen-bond acceptors (Lipinski definition) is 7. The molecule has 0 saturated heterocycles. The molecule has 146 heavy (non-hydrogen) atoms. The molecule has 0 aliphatic heterocycles. The van der Waals surface area contributed by atoms with E-state index in [0.717, 1.165) is 0 Å². The van der Waals surface area contributed by atoms with Gasteiger partial charge >= 0.3 is 0 Å². The van der Waals surface area contributed by atoms with Crippen molar-refractivity contribution >= 4 is 162 Å². The fraction of sp³-hybridized carbons (Fsp3) is 0.243. The zero-order valence-corrected chi connectivity index (χ0v) is 86.0. The second-order valence-electron chi connectivity index (χ2n) is 33.2. The maximum atomic E-state index is 13.9. The van der Waals surface area contributed by atoms with Crippen molar-refractivity contribution in [3.63, 3.8) is 0 Å². The molecule has 35 heteroatoms. The Morgan fingerprint density at radius 2 is 0.562 bits per heavy atom. The van der Waals surface area contributed by atoms with Gasteiger partial charge in [-0.15, -0.1) is 0 Å². The fourth-order valence-corrected chi connectivity index (χ4v) is 17.4. The van der Waals surface area contributed by atoms with E-state index in [4.69, 9.17) is 127 Å². The minimum atomic E-state index is -0.406. The molecule has 7 heterocycles. The maximum absolute atomic E-state index is 13.9. The SMILES string of the molecule is [C-]#[N+]c1cc(C(=O)CCc2c(F)cccc2Cl)n(C(C)C)c1.[C-]#[N+]c1cc(C(=O)CCc2c(F)cccc2Cl)n(C)c1.[C-]#[N+]c1ccc(C(=O)CCc2c(F)cccc2Cl)n1C.[C-]#[N+]c1ccc(C(=O)CCc2c(F)cccc2Cl)n1C.[C-]#[N+]c1ccc(C(=O)CCc2c(F)cccc2Cl)n1C(C)C.[C-]#[N+]c1ccc(C(=O)CCc2c(F)cccc2Cl)n1CC.[C-]#[N+]c1ccc(C(=O)C[C@@H](C)c2c(F)cccc2Cl)n1C. The van der Waals surface area contributed by atoms with Gasteiger partial charge in [0.05, 0.1) is 58.3 Å². The van der Waals surface area contributed by atoms with Gasteiger partial charge in [-0.05, 0) is 237 Å². The van der Waals surface area contributed by atoms with Gasteiger partial charge in [0.1, 0.15) is 40.7 Å². The van der Waals surface area contributed by atoms with E-state index in [-0.39, 0.29) is 142 Å². The zero-order chi connectivity index (χ0) is 108. The molecule has 1 atom stereocenters. The molecule has 0 radical (unpaired) electrons. The van der Waals surface area contributed by atoms with Crippen molar-refractivity contribution in [1.29, 1.82) is 0 Å². The van der Waals surface area contributed by atoms with Crippen molar-refractivity contribution in [2.45, 2.75) is 150 Å². The lowest BCUT2D eigenvalue weighted by Crippen LogP contribution is -2.11. The van der Waals surface area contributed by atoms with Gasteiger partial charge < -0.3 is 33.4 Å². The number of carbonyl (C=O) groups excluding carboxylic acids is 7. The third kappa shape index (κ3) is 30.9. The molecule has 0 bridgehead atoms. The van der Waals surface area contributed by atoms with E-state index < -0.39 is 40.7 Å². The van der Waals surface area contributed by atoms with Gasteiger partial charge in [0.15, 0.2) is 40.0 Å². The van der Waals surface area contributed by atoms with Crippen LogP contribution < -0.4 is 0 Å². The largest absolute Gasteiger partial charge is 0.364 e. The molecule has 14 rings (SSSR count). The van der Waals surface area contributed by atoms with Gasteiger partial charge in [-0.3, -0.25) is 56.4 Å². The van der Waals surface area contributed by atoms with Crippen LogP contribution in [0.3, 0.4) is 0 Å². The quantitative estimate of drug-likeness (QED) is 0.0235. The van der Waals surface area contributed by atoms with Gasteiger partial charge in [0.25, 0.3) is 0 Å². The first kappa shape index (κ1) is 116. The first-order valence-corrected chi connectivity index (χ1v) is 47.8. The molecule has 7 aromatic heterocycles. The maximum Gasteiger partial charge on any atom is 0.230 e. The van der Waals surface area contributed by atoms with Crippen LogP contribution in [0.5, 0.6) is 0 Å². The van der Waals surface area contributed by atoms with E-state index >= 15 is 0 Å². The van der Waals surface area contributed by atoms with Crippen LogP contribution in [0.25, 0.3) is 33.9 Å². The Morgan fingerprint density at radius 3 is 0.856 bits per heavy atom. The summed E-state index contributed by atoms with van der Waals surface area (Å²) >= 11 is 41.7. The Bertz CT molecular complexity index is 7060. The number of ketones is 7. The van der Waals surface area contributed by atoms with E-state index in [2.05, 4.69) is 33.9 Å². The smallest absolute Gasteiger partial charge is 0.230 e. The van der Waals surface area contributed by atoms with Crippen LogP contribution in [-0.2, 0) is 73.3 Å². The molecule has 0 aliphatic rings. The number of carbonyl (C=O) groups is 7. The minimum absolute atomic E-state index is 0.00935. The van der Waals surface area contributed by atoms with Crippen molar-refractivity contribution in [2.75, 3.05) is 0 Å². The number of Topliss-reactive ketones (excluding diaryl/α,β-unsaturated/α-hetero) is 7. The molecule has 0 aliphatic carbocycles. The summed E-state index contributed by atoms with van der Waals surface area (Å²) in [7, 11) is 6.70. The van der Waals surface area contributed by atoms with Crippen molar-refractivity contribution in [2.24, 2.45) is 28.2 Å². The fourth-order valence-electron chi connectivity index (χ4n) is 15.5. The zero-order valence-electron chi connectivity index (χ0n) is 80.7. The summed E-state index contributed by atoms with van der Waals surface area (Å²) in [6.07, 6.45) is 5.73. The third-order valence-corrected chi connectivity index (χ3v) is 25.6. The van der Waals surface area contributed by atoms with Crippen LogP contribution in [0, 0.1) is 86.7 Å². The second-order valence-corrected chi connectivity index (χ2v) is 36.1. The van der Waals surface area contributed by atoms with Crippen molar-refractivity contribution in [1.82, 2.24) is 32.0 Å². The number of aromatic nitrogens is 7. The van der Waals surface area contributed by atoms with Gasteiger partial charge in [0, 0.05) is 145 Å². The molecule has 0 N–H and O–H groups in total. The minimum Gasteiger partial charge on any atom is -0.364 e. The summed E-state index contributed by atoms with van der Waals surface area (Å²) in [5.74, 6) is -2.00. The summed E-state index contributed by atoms with van der Waals surface area (Å²) in [5.41, 5.74) is 6.54. The highest BCUT2D eigenvalue weighted by molar-refractivity contribution is 6.33. The van der Waals surface area contributed by atoms with Gasteiger partial charge in [0.2, 0.25) is 69.4 Å². The first-order chi connectivity index (χ1) is 69.5. The van der Waals surface area contributed by atoms with E-state index in [1.165, 1.54) is 100 Å². The van der Waals surface area contributed by atoms with Crippen LogP contribution in [0.2, 0.25) is 35.2 Å². The van der Waals surface area contributed by atoms with Crippen LogP contribution in [0.1, 0.15) is 217 Å². The van der Waals surface area contributed by atoms with Crippen molar-refractivity contribution in [3.05, 3.63) is 447 Å². The molecule has 750 valence electrons. The predicted octanol–water partition coefficient (Wildman–Crippen LogP) is 32.4. The van der Waals surface area contributed by atoms with Crippen molar-refractivity contribution in [3.8, 4) is 0 Å². The lowest BCUT2D eigenvalue weighted by molar-refractivity contribution is 0.0960. The Balaban J connectivity index is 0.000000208. The summed E-state index contributed by atoms with van der Waals surface area (Å²) in [6.45, 7) is 61.0. The molecule has 14 aromatic rings. The van der Waals surface area contributed by atoms with Gasteiger partial charge in [-0.2, -0.15) is 0 Å². The topological polar surface area (TPSA) is 185 Å². The standard InChI is InChI=1S/2C17H16ClFN2O.2C16H14ClFN2O.3C15H12ClFN2O/c1-11(2)21-15(8-10-17(21)20-3)16(22)9-7-12-13(18)5-4-6-14(12)19;1-11(2)21-10-12(20-3)9-16(21)17(22)8-7-13-14(18)5-4-6-15(13)19;1-10(16-11(17)5-4-6-12(16)18)9-14(21)13-7-8-15(19-2)20(13)3;1-3-20-14(8-10-16(20)19-2)15(21)9-7-11-12(17)5-4-6-13(11)18;2*1-18-15-9-7-13(19(15)2)14(20)8-6-10-11(16)4-3-5-12(10)17;1-18-10-8-14(19(2)9-10)15(20)7-6-11-12(16)4-3-5-13(11)17/h4-6,8,10-11H,7,9H2,1-2H3;4-6,9-11H,7-8H2,1-2H3;4-8,10H,9H2,1,3H3;4-6,8,10H,3,7,9H2,1H3;2*3-5,7,9H,6,8H2,2H3;3-5,8-9H,6-7H2,2H3/t;;10-;;;;/m..1..../s1. The first-order valence-electron chi connectivity index (χ1n) is 45.2. The lowest BCUT2D eigenvalue weighted by Gasteiger charge is -2.13. The van der Waals surface area contributed by atoms with Gasteiger partial charge in [-0.1, -0.05) is 163 Å². The van der Waals surface area contributed by atoms with E-state index in [1.54, 1.807) is 180 Å². The molecule has 0 amide bonds. The molecule has 0 spiro atoms. The van der Waals surface area contributed by atoms with Crippen LogP contribution in [0.4, 0.5) is 71.2 Å². The number of halogens is 14. The molecule has 21 nitrogen and oxygen atoms in total. The number of nitrogens with zero attached hydrogens (tertiary/aromatic N) is 14. The highest BCUT2D eigenvalue weighted by Gasteiger charge is 2.28. The van der Waals surface area contributed by atoms with Crippen LogP contribution >= 0.6 is 81.2 Å². The number of hydrogen-bond donors (Lipinski definition) is 0. The average molecular weight is 2120 g/mol. The van der Waals surface area contributed by atoms with E-state index in [9.17, 15) is 64.3 Å². The highest BCUT2D eigenvalue weighted by atomic mass is 35.5. The summed E-state index contributed by atoms with van der Waals surface area (Å²) in [4.78, 5) is 109. The molecular formula is C111H96Cl7F7N14O7. The molecular weight excluding hydrogens is 2020 g/mol. The Morgan fingerprint density at radius 1 is 0.295 bits per heavy atom. The Labute approximate surface area is 877 Å². The number of rotatable bonds is 31. The summed E-state index contributed by atoms with van der Waals surface area (Å²) in [5, 5.41) is 2.28. The summed E-state index contributed by atoms with van der Waals surface area (Å²) < 4.78 is 107. The van der Waals surface area contributed by atoms with Crippen molar-refractivity contribution < 1.29 is 64.3 Å². The second kappa shape index (κ2) is 55.9. The van der Waals surface area contributed by atoms with Gasteiger partial charge in [-0.25, -0.2) is 40.4 Å². The highest BCUT2D eigenvalue weighted by Crippen LogP contribution is 2.36. The van der Waals surface area contributed by atoms with Crippen LogP contribution in [0.15, 0.2) is 213 Å². The number of benzene rings is 7. The monoisotopic (exact) mass is 2110 g/mol. The Kier molecular flexibility index (Phi) is 44.5. The average Bonchev–Trinajstić information content (AvgIpc) is 1.62. The normalized spacial score (nSPS) is 10.7. The van der Waals surface area contributed by atoms with E-state index in [0.29, 0.717) is 161 Å². The number of aryl methyl sites for hydroxylation is 1. The molecule has 0 saturated carbocycles. The molecule has 0 fully saturated rings. The predicted molar refractivity (Wildman–Crippen MR) is 558 cm³/mol. The molecule has 0 unspecified atom stereocenters. The van der Waals surface area contributed by atoms with Crippen LogP contribution in [-0.4, -0.2) is 72.5 Å².